The quantitative estimate of drug-likeness (QED) is 0.894. The smallest absolute Gasteiger partial charge is 0.280 e. The summed E-state index contributed by atoms with van der Waals surface area (Å²) >= 11 is 1.78. The summed E-state index contributed by atoms with van der Waals surface area (Å²) < 4.78 is 0. The minimum atomic E-state index is -0.108. The molecule has 1 saturated carbocycles. The predicted molar refractivity (Wildman–Crippen MR) is 83.8 cm³/mol. The molecule has 21 heavy (non-hydrogen) atoms. The van der Waals surface area contributed by atoms with Crippen LogP contribution in [-0.4, -0.2) is 28.4 Å². The lowest BCUT2D eigenvalue weighted by Crippen LogP contribution is -2.36. The van der Waals surface area contributed by atoms with Gasteiger partial charge in [-0.25, -0.2) is 0 Å². The summed E-state index contributed by atoms with van der Waals surface area (Å²) in [4.78, 5) is 15.7. The second-order valence-corrected chi connectivity index (χ2v) is 6.58. The highest BCUT2D eigenvalue weighted by Crippen LogP contribution is 2.42. The average molecular weight is 300 g/mol. The summed E-state index contributed by atoms with van der Waals surface area (Å²) in [6.45, 7) is 0.686. The van der Waals surface area contributed by atoms with Crippen molar-refractivity contribution < 1.29 is 4.79 Å². The van der Waals surface area contributed by atoms with E-state index in [0.29, 0.717) is 23.8 Å². The van der Waals surface area contributed by atoms with Crippen molar-refractivity contribution in [3.05, 3.63) is 35.7 Å². The molecule has 2 aromatic rings. The van der Waals surface area contributed by atoms with Gasteiger partial charge in [-0.2, -0.15) is 5.10 Å². The van der Waals surface area contributed by atoms with E-state index in [-0.39, 0.29) is 5.91 Å². The number of carbonyl (C=O) groups excluding carboxylic acids is 1. The number of aromatic nitrogens is 2. The second-order valence-electron chi connectivity index (χ2n) is 5.45. The van der Waals surface area contributed by atoms with Crippen molar-refractivity contribution in [2.24, 2.45) is 0 Å². The molecular formula is C15H16N4OS. The van der Waals surface area contributed by atoms with Crippen LogP contribution in [0.4, 0.5) is 11.4 Å². The van der Waals surface area contributed by atoms with Crippen molar-refractivity contribution in [1.29, 1.82) is 0 Å². The number of amides is 1. The molecule has 3 N–H and O–H groups in total. The standard InChI is InChI=1S/C15H16N4OS/c16-12-13(9-5-6-9)17-18-14(12)15(20)19-7-8-21-11-4-2-1-3-10(11)19/h1-4,9H,5-8,16H2,(H,17,18). The van der Waals surface area contributed by atoms with Crippen LogP contribution in [0.5, 0.6) is 0 Å². The third-order valence-electron chi connectivity index (χ3n) is 4.00. The SMILES string of the molecule is Nc1c(C(=O)N2CCSc3ccccc32)n[nH]c1C1CC1. The van der Waals surface area contributed by atoms with Gasteiger partial charge >= 0.3 is 0 Å². The number of benzene rings is 1. The Hall–Kier alpha value is -1.95. The van der Waals surface area contributed by atoms with E-state index in [2.05, 4.69) is 10.2 Å². The van der Waals surface area contributed by atoms with Gasteiger partial charge in [0.05, 0.1) is 17.1 Å². The van der Waals surface area contributed by atoms with Gasteiger partial charge in [-0.15, -0.1) is 11.8 Å². The minimum absolute atomic E-state index is 0.108. The predicted octanol–water partition coefficient (Wildman–Crippen LogP) is 2.62. The Morgan fingerprint density at radius 1 is 1.38 bits per heavy atom. The van der Waals surface area contributed by atoms with E-state index in [1.807, 2.05) is 24.3 Å². The normalized spacial score (nSPS) is 17.6. The third kappa shape index (κ3) is 2.10. The van der Waals surface area contributed by atoms with Crippen LogP contribution < -0.4 is 10.6 Å². The summed E-state index contributed by atoms with van der Waals surface area (Å²) in [6.07, 6.45) is 2.26. The first kappa shape index (κ1) is 12.8. The van der Waals surface area contributed by atoms with E-state index in [0.717, 1.165) is 34.9 Å². The molecule has 0 atom stereocenters. The van der Waals surface area contributed by atoms with E-state index in [1.165, 1.54) is 0 Å². The van der Waals surface area contributed by atoms with Gasteiger partial charge in [0.25, 0.3) is 5.91 Å². The van der Waals surface area contributed by atoms with E-state index in [1.54, 1.807) is 16.7 Å². The highest BCUT2D eigenvalue weighted by Gasteiger charge is 2.32. The van der Waals surface area contributed by atoms with Crippen molar-refractivity contribution in [3.63, 3.8) is 0 Å². The Morgan fingerprint density at radius 3 is 3.00 bits per heavy atom. The molecule has 6 heteroatoms. The number of thioether (sulfide) groups is 1. The zero-order chi connectivity index (χ0) is 14.4. The maximum absolute atomic E-state index is 12.8. The van der Waals surface area contributed by atoms with Crippen LogP contribution in [0.15, 0.2) is 29.2 Å². The highest BCUT2D eigenvalue weighted by atomic mass is 32.2. The zero-order valence-electron chi connectivity index (χ0n) is 11.5. The molecule has 5 nitrogen and oxygen atoms in total. The van der Waals surface area contributed by atoms with Gasteiger partial charge in [0.2, 0.25) is 0 Å². The van der Waals surface area contributed by atoms with Crippen LogP contribution in [0.25, 0.3) is 0 Å². The number of nitrogens with one attached hydrogen (secondary N) is 1. The Kier molecular flexibility index (Phi) is 2.92. The Balaban J connectivity index is 1.69. The number of anilines is 2. The summed E-state index contributed by atoms with van der Waals surface area (Å²) in [5.74, 6) is 1.24. The Labute approximate surface area is 126 Å². The number of rotatable bonds is 2. The molecule has 0 spiro atoms. The van der Waals surface area contributed by atoms with Gasteiger partial charge in [-0.05, 0) is 25.0 Å². The van der Waals surface area contributed by atoms with Crippen LogP contribution in [0.1, 0.15) is 34.9 Å². The number of hydrogen-bond donors (Lipinski definition) is 2. The minimum Gasteiger partial charge on any atom is -0.395 e. The van der Waals surface area contributed by atoms with E-state index in [4.69, 9.17) is 5.73 Å². The molecule has 2 heterocycles. The van der Waals surface area contributed by atoms with Gasteiger partial charge in [0, 0.05) is 23.1 Å². The lowest BCUT2D eigenvalue weighted by atomic mass is 10.2. The second kappa shape index (κ2) is 4.80. The third-order valence-corrected chi connectivity index (χ3v) is 5.04. The molecule has 0 bridgehead atoms. The molecule has 0 radical (unpaired) electrons. The van der Waals surface area contributed by atoms with Crippen LogP contribution in [0.2, 0.25) is 0 Å². The van der Waals surface area contributed by atoms with Gasteiger partial charge in [0.15, 0.2) is 5.69 Å². The lowest BCUT2D eigenvalue weighted by Gasteiger charge is -2.28. The van der Waals surface area contributed by atoms with Crippen molar-refractivity contribution in [3.8, 4) is 0 Å². The van der Waals surface area contributed by atoms with Crippen molar-refractivity contribution in [1.82, 2.24) is 10.2 Å². The average Bonchev–Trinajstić information content (AvgIpc) is 3.29. The largest absolute Gasteiger partial charge is 0.395 e. The first-order valence-electron chi connectivity index (χ1n) is 7.13. The molecule has 1 aromatic heterocycles. The highest BCUT2D eigenvalue weighted by molar-refractivity contribution is 7.99. The molecule has 0 saturated heterocycles. The molecule has 1 amide bonds. The van der Waals surface area contributed by atoms with Gasteiger partial charge in [-0.3, -0.25) is 9.89 Å². The van der Waals surface area contributed by atoms with Crippen molar-refractivity contribution in [2.45, 2.75) is 23.7 Å². The lowest BCUT2D eigenvalue weighted by molar-refractivity contribution is 0.0983. The van der Waals surface area contributed by atoms with Crippen LogP contribution >= 0.6 is 11.8 Å². The van der Waals surface area contributed by atoms with E-state index >= 15 is 0 Å². The summed E-state index contributed by atoms with van der Waals surface area (Å²) in [5.41, 5.74) is 8.89. The fraction of sp³-hybridized carbons (Fsp3) is 0.333. The number of nitrogens with two attached hydrogens (primary N) is 1. The molecule has 1 aliphatic heterocycles. The number of aromatic amines is 1. The maximum atomic E-state index is 12.8. The van der Waals surface area contributed by atoms with E-state index in [9.17, 15) is 4.79 Å². The number of H-pyrrole nitrogens is 1. The fourth-order valence-electron chi connectivity index (χ4n) is 2.72. The fourth-order valence-corrected chi connectivity index (χ4v) is 3.71. The molecule has 4 rings (SSSR count). The Morgan fingerprint density at radius 2 is 2.19 bits per heavy atom. The van der Waals surface area contributed by atoms with E-state index < -0.39 is 0 Å². The molecule has 0 unspecified atom stereocenters. The zero-order valence-corrected chi connectivity index (χ0v) is 12.3. The number of nitrogen functional groups attached to an aromatic ring is 1. The van der Waals surface area contributed by atoms with Crippen LogP contribution in [-0.2, 0) is 0 Å². The number of nitrogens with zero attached hydrogens (tertiary/aromatic N) is 2. The Bertz CT molecular complexity index is 707. The number of carbonyl (C=O) groups is 1. The van der Waals surface area contributed by atoms with Crippen molar-refractivity contribution >= 4 is 29.0 Å². The first-order valence-corrected chi connectivity index (χ1v) is 8.11. The number of fused-ring (bicyclic) bond motifs is 1. The molecule has 108 valence electrons. The van der Waals surface area contributed by atoms with Crippen molar-refractivity contribution in [2.75, 3.05) is 22.9 Å². The summed E-state index contributed by atoms with van der Waals surface area (Å²) in [6, 6.07) is 7.97. The molecule has 1 fully saturated rings. The molecular weight excluding hydrogens is 284 g/mol. The molecule has 1 aliphatic carbocycles. The first-order chi connectivity index (χ1) is 10.3. The summed E-state index contributed by atoms with van der Waals surface area (Å²) in [5, 5.41) is 7.13. The maximum Gasteiger partial charge on any atom is 0.280 e. The number of hydrogen-bond acceptors (Lipinski definition) is 4. The van der Waals surface area contributed by atoms with Gasteiger partial charge in [-0.1, -0.05) is 12.1 Å². The van der Waals surface area contributed by atoms with Crippen LogP contribution in [0, 0.1) is 0 Å². The summed E-state index contributed by atoms with van der Waals surface area (Å²) in [7, 11) is 0. The molecule has 2 aliphatic rings. The van der Waals surface area contributed by atoms with Crippen LogP contribution in [0.3, 0.4) is 0 Å². The topological polar surface area (TPSA) is 75.0 Å². The van der Waals surface area contributed by atoms with Gasteiger partial charge < -0.3 is 10.6 Å². The van der Waals surface area contributed by atoms with Gasteiger partial charge in [0.1, 0.15) is 0 Å². The number of para-hydroxylation sites is 1. The monoisotopic (exact) mass is 300 g/mol. The molecule has 1 aromatic carbocycles.